The van der Waals surface area contributed by atoms with Gasteiger partial charge in [0.05, 0.1) is 18.2 Å². The first-order valence-corrected chi connectivity index (χ1v) is 10.9. The van der Waals surface area contributed by atoms with Gasteiger partial charge in [0, 0.05) is 24.5 Å². The maximum Gasteiger partial charge on any atom is 0.234 e. The van der Waals surface area contributed by atoms with Crippen LogP contribution in [0.1, 0.15) is 44.3 Å². The van der Waals surface area contributed by atoms with E-state index in [9.17, 15) is 5.26 Å². The van der Waals surface area contributed by atoms with Gasteiger partial charge >= 0.3 is 0 Å². The Kier molecular flexibility index (Phi) is 5.11. The molecule has 0 bridgehead atoms. The van der Waals surface area contributed by atoms with E-state index in [2.05, 4.69) is 26.9 Å². The lowest BCUT2D eigenvalue weighted by Crippen LogP contribution is -2.45. The van der Waals surface area contributed by atoms with Crippen molar-refractivity contribution in [2.45, 2.75) is 44.8 Å². The van der Waals surface area contributed by atoms with Crippen LogP contribution in [0.2, 0.25) is 5.02 Å². The molecule has 0 atom stereocenters. The van der Waals surface area contributed by atoms with E-state index in [0.29, 0.717) is 45.7 Å². The molecule has 0 spiro atoms. The molecule has 4 heterocycles. The van der Waals surface area contributed by atoms with Crippen molar-refractivity contribution in [3.8, 4) is 17.3 Å². The summed E-state index contributed by atoms with van der Waals surface area (Å²) in [7, 11) is 0. The zero-order chi connectivity index (χ0) is 21.6. The quantitative estimate of drug-likeness (QED) is 0.596. The number of ether oxygens (including phenoxy) is 1. The molecule has 3 aromatic heterocycles. The van der Waals surface area contributed by atoms with Crippen LogP contribution in [0.25, 0.3) is 22.4 Å². The summed E-state index contributed by atoms with van der Waals surface area (Å²) in [6.07, 6.45) is 7.66. The molecule has 1 saturated carbocycles. The molecule has 2 fully saturated rings. The average Bonchev–Trinajstić information content (AvgIpc) is 3.11. The third-order valence-electron chi connectivity index (χ3n) is 6.32. The number of alkyl halides is 1. The third kappa shape index (κ3) is 3.66. The Morgan fingerprint density at radius 2 is 2.00 bits per heavy atom. The van der Waals surface area contributed by atoms with E-state index in [1.165, 1.54) is 6.20 Å². The third-order valence-corrected chi connectivity index (χ3v) is 6.53. The minimum atomic E-state index is -1.67. The van der Waals surface area contributed by atoms with Crippen LogP contribution in [0.5, 0.6) is 0 Å². The first kappa shape index (κ1) is 20.3. The van der Waals surface area contributed by atoms with E-state index in [4.69, 9.17) is 16.3 Å². The largest absolute Gasteiger partial charge is 0.374 e. The molecule has 0 unspecified atom stereocenters. The fourth-order valence-corrected chi connectivity index (χ4v) is 4.70. The lowest BCUT2D eigenvalue weighted by Gasteiger charge is -2.34. The highest BCUT2D eigenvalue weighted by molar-refractivity contribution is 6.30. The maximum atomic E-state index is 15.6. The summed E-state index contributed by atoms with van der Waals surface area (Å²) >= 11 is 6.17. The predicted octanol–water partition coefficient (Wildman–Crippen LogP) is 4.43. The second kappa shape index (κ2) is 7.81. The van der Waals surface area contributed by atoms with E-state index in [0.717, 1.165) is 31.6 Å². The Morgan fingerprint density at radius 3 is 2.65 bits per heavy atom. The number of imidazole rings is 1. The monoisotopic (exact) mass is 440 g/mol. The predicted molar refractivity (Wildman–Crippen MR) is 113 cm³/mol. The highest BCUT2D eigenvalue weighted by Gasteiger charge is 2.46. The van der Waals surface area contributed by atoms with Crippen LogP contribution in [0.15, 0.2) is 18.5 Å². The van der Waals surface area contributed by atoms with Crippen molar-refractivity contribution in [3.05, 3.63) is 35.1 Å². The van der Waals surface area contributed by atoms with Crippen molar-refractivity contribution in [3.63, 3.8) is 0 Å². The van der Waals surface area contributed by atoms with Gasteiger partial charge in [-0.2, -0.15) is 10.2 Å². The van der Waals surface area contributed by atoms with Gasteiger partial charge in [-0.3, -0.25) is 4.98 Å². The number of halogens is 2. The summed E-state index contributed by atoms with van der Waals surface area (Å²) in [5, 5.41) is 9.91. The highest BCUT2D eigenvalue weighted by atomic mass is 35.5. The number of nitrogens with zero attached hydrogens (tertiary/aromatic N) is 6. The van der Waals surface area contributed by atoms with Gasteiger partial charge in [-0.25, -0.2) is 14.4 Å². The number of hydrogen-bond donors (Lipinski definition) is 0. The second-order valence-corrected chi connectivity index (χ2v) is 9.14. The van der Waals surface area contributed by atoms with Crippen molar-refractivity contribution < 1.29 is 9.13 Å². The van der Waals surface area contributed by atoms with Crippen LogP contribution >= 0.6 is 11.6 Å². The number of fused-ring (bicyclic) bond motifs is 1. The molecule has 3 aromatic rings. The van der Waals surface area contributed by atoms with Crippen LogP contribution < -0.4 is 0 Å². The number of nitriles is 1. The molecule has 0 radical (unpaired) electrons. The Balaban J connectivity index is 1.71. The van der Waals surface area contributed by atoms with E-state index in [-0.39, 0.29) is 19.0 Å². The van der Waals surface area contributed by atoms with Gasteiger partial charge in [0.25, 0.3) is 0 Å². The fraction of sp³-hybridized carbons (Fsp3) is 0.500. The smallest absolute Gasteiger partial charge is 0.234 e. The fourth-order valence-electron chi connectivity index (χ4n) is 4.53. The van der Waals surface area contributed by atoms with Crippen LogP contribution in [-0.4, -0.2) is 37.7 Å². The van der Waals surface area contributed by atoms with Gasteiger partial charge < -0.3 is 9.30 Å². The second-order valence-electron chi connectivity index (χ2n) is 8.70. The molecule has 31 heavy (non-hydrogen) atoms. The topological polar surface area (TPSA) is 89.5 Å². The first-order valence-electron chi connectivity index (χ1n) is 10.5. The van der Waals surface area contributed by atoms with Gasteiger partial charge in [0.2, 0.25) is 11.5 Å². The Morgan fingerprint density at radius 1 is 1.23 bits per heavy atom. The number of hydrogen-bond acceptors (Lipinski definition) is 6. The van der Waals surface area contributed by atoms with E-state index < -0.39 is 5.67 Å². The summed E-state index contributed by atoms with van der Waals surface area (Å²) in [6.45, 7) is 2.83. The molecule has 7 nitrogen and oxygen atoms in total. The van der Waals surface area contributed by atoms with Crippen LogP contribution in [0, 0.1) is 23.2 Å². The molecule has 0 N–H and O–H groups in total. The Bertz CT molecular complexity index is 1180. The van der Waals surface area contributed by atoms with E-state index in [1.54, 1.807) is 12.3 Å². The number of aromatic nitrogens is 5. The zero-order valence-corrected chi connectivity index (χ0v) is 17.9. The number of pyridine rings is 1. The van der Waals surface area contributed by atoms with Crippen LogP contribution in [0.3, 0.4) is 0 Å². The molecule has 1 aliphatic heterocycles. The minimum absolute atomic E-state index is 0.0251. The number of rotatable bonds is 4. The zero-order valence-electron chi connectivity index (χ0n) is 17.2. The molecule has 2 aliphatic rings. The molecule has 1 aliphatic carbocycles. The molecule has 1 saturated heterocycles. The van der Waals surface area contributed by atoms with Crippen molar-refractivity contribution in [2.75, 3.05) is 13.2 Å². The van der Waals surface area contributed by atoms with E-state index >= 15 is 4.39 Å². The summed E-state index contributed by atoms with van der Waals surface area (Å²) in [5.74, 6) is 1.41. The lowest BCUT2D eigenvalue weighted by atomic mass is 9.83. The van der Waals surface area contributed by atoms with Gasteiger partial charge in [0.1, 0.15) is 17.3 Å². The van der Waals surface area contributed by atoms with Gasteiger partial charge in [0.15, 0.2) is 11.5 Å². The van der Waals surface area contributed by atoms with Crippen molar-refractivity contribution in [1.29, 1.82) is 5.26 Å². The molecule has 5 rings (SSSR count). The molecular weight excluding hydrogens is 419 g/mol. The lowest BCUT2D eigenvalue weighted by molar-refractivity contribution is -0.141. The minimum Gasteiger partial charge on any atom is -0.374 e. The average molecular weight is 441 g/mol. The van der Waals surface area contributed by atoms with Crippen LogP contribution in [0.4, 0.5) is 4.39 Å². The summed E-state index contributed by atoms with van der Waals surface area (Å²) in [6, 6.07) is 3.71. The van der Waals surface area contributed by atoms with Gasteiger partial charge in [-0.1, -0.05) is 31.4 Å². The summed E-state index contributed by atoms with van der Waals surface area (Å²) in [5.41, 5.74) is 0.381. The molecule has 9 heteroatoms. The highest BCUT2D eigenvalue weighted by Crippen LogP contribution is 2.39. The molecule has 0 aromatic carbocycles. The standard InChI is InChI=1S/C22H22ClFN6O/c1-13-2-4-14(5-3-13)10-30-19-18(15-6-16(23)9-26-8-15)27-17(7-25)28-20(19)29-21(30)22(24)11-31-12-22/h6,8-9,13-14H,2-5,10-12H2,1H3. The van der Waals surface area contributed by atoms with Crippen molar-refractivity contribution in [1.82, 2.24) is 24.5 Å². The van der Waals surface area contributed by atoms with Gasteiger partial charge in [-0.05, 0) is 30.7 Å². The molecular formula is C22H22ClFN6O. The van der Waals surface area contributed by atoms with Crippen molar-refractivity contribution in [2.24, 2.45) is 11.8 Å². The van der Waals surface area contributed by atoms with Crippen LogP contribution in [-0.2, 0) is 17.0 Å². The van der Waals surface area contributed by atoms with Gasteiger partial charge in [-0.15, -0.1) is 0 Å². The Labute approximate surface area is 184 Å². The van der Waals surface area contributed by atoms with E-state index in [1.807, 2.05) is 10.6 Å². The first-order chi connectivity index (χ1) is 15.0. The SMILES string of the molecule is CC1CCC(Cn2c(C3(F)COC3)nc3nc(C#N)nc(-c4cncc(Cl)c4)c32)CC1. The Hall–Kier alpha value is -2.63. The molecule has 160 valence electrons. The summed E-state index contributed by atoms with van der Waals surface area (Å²) < 4.78 is 22.7. The van der Waals surface area contributed by atoms with Crippen molar-refractivity contribution >= 4 is 22.8 Å². The summed E-state index contributed by atoms with van der Waals surface area (Å²) in [4.78, 5) is 17.5. The normalized spacial score (nSPS) is 22.8. The maximum absolute atomic E-state index is 15.6. The molecule has 0 amide bonds.